The average Bonchev–Trinajstić information content (AvgIpc) is 3.07. The van der Waals surface area contributed by atoms with Crippen LogP contribution in [0.25, 0.3) is 0 Å². The maximum Gasteiger partial charge on any atom is 0.440 e. The van der Waals surface area contributed by atoms with E-state index in [-0.39, 0.29) is 16.3 Å². The highest BCUT2D eigenvalue weighted by Gasteiger charge is 2.58. The van der Waals surface area contributed by atoms with Crippen molar-refractivity contribution >= 4 is 21.4 Å². The van der Waals surface area contributed by atoms with Crippen molar-refractivity contribution in [2.24, 2.45) is 4.99 Å². The van der Waals surface area contributed by atoms with E-state index in [1.165, 1.54) is 29.2 Å². The molecule has 1 aliphatic heterocycles. The minimum absolute atomic E-state index is 0.0288. The Morgan fingerprint density at radius 1 is 1.13 bits per heavy atom. The number of β-amino-alcohol motifs (C(OH)–C–C–N with tert-alkyl or cyclic N) is 1. The smallest absolute Gasteiger partial charge is 0.440 e. The van der Waals surface area contributed by atoms with Gasteiger partial charge in [0.1, 0.15) is 11.6 Å². The third-order valence-corrected chi connectivity index (χ3v) is 5.96. The Morgan fingerprint density at radius 3 is 2.26 bits per heavy atom. The van der Waals surface area contributed by atoms with Crippen LogP contribution in [-0.2, 0) is 9.84 Å². The Morgan fingerprint density at radius 2 is 1.74 bits per heavy atom. The Hall–Kier alpha value is -2.59. The summed E-state index contributed by atoms with van der Waals surface area (Å²) in [5.41, 5.74) is -2.65. The van der Waals surface area contributed by atoms with Crippen molar-refractivity contribution in [3.63, 3.8) is 0 Å². The van der Waals surface area contributed by atoms with E-state index in [1.54, 1.807) is 24.3 Å². The molecule has 1 unspecified atom stereocenters. The summed E-state index contributed by atoms with van der Waals surface area (Å²) in [4.78, 5) is 4.86. The molecular formula is C21H23F3N2O4S. The normalized spacial score (nSPS) is 19.4. The summed E-state index contributed by atoms with van der Waals surface area (Å²) in [7, 11) is -3.47. The molecule has 168 valence electrons. The Balaban J connectivity index is 1.96. The molecule has 0 radical (unpaired) electrons. The fourth-order valence-electron chi connectivity index (χ4n) is 3.06. The van der Waals surface area contributed by atoms with Gasteiger partial charge in [-0.05, 0) is 55.0 Å². The van der Waals surface area contributed by atoms with Crippen LogP contribution in [-0.4, -0.2) is 50.7 Å². The molecule has 1 N–H and O–H groups in total. The molecule has 1 heterocycles. The van der Waals surface area contributed by atoms with Gasteiger partial charge in [0.05, 0.1) is 18.0 Å². The summed E-state index contributed by atoms with van der Waals surface area (Å²) >= 11 is 0. The minimum Gasteiger partial charge on any atom is -0.494 e. The number of anilines is 1. The maximum absolute atomic E-state index is 13.5. The van der Waals surface area contributed by atoms with Crippen LogP contribution in [0.1, 0.15) is 25.3 Å². The summed E-state index contributed by atoms with van der Waals surface area (Å²) in [6.07, 6.45) is -2.09. The van der Waals surface area contributed by atoms with E-state index in [4.69, 9.17) is 4.74 Å². The van der Waals surface area contributed by atoms with Crippen molar-refractivity contribution in [1.82, 2.24) is 0 Å². The Bertz CT molecular complexity index is 1050. The van der Waals surface area contributed by atoms with Gasteiger partial charge in [0.2, 0.25) is 0 Å². The first kappa shape index (κ1) is 23.1. The standard InChI is InChI=1S/C21H23F3N2O4S/c1-3-4-13-30-17-9-7-16(8-10-17)26-14-20(27,21(22,23)24)25-19(26)15-5-11-18(12-6-15)31(2,28)29/h5-12,27H,3-4,13-14H2,1-2H3. The SMILES string of the molecule is CCCCOc1ccc(N2CC(O)(C(F)(F)F)N=C2c2ccc(S(C)(=O)=O)cc2)cc1. The number of sulfone groups is 1. The van der Waals surface area contributed by atoms with Gasteiger partial charge in [-0.3, -0.25) is 0 Å². The van der Waals surface area contributed by atoms with Gasteiger partial charge in [-0.2, -0.15) is 13.2 Å². The van der Waals surface area contributed by atoms with Crippen LogP contribution in [0, 0.1) is 0 Å². The molecule has 31 heavy (non-hydrogen) atoms. The van der Waals surface area contributed by atoms with E-state index in [0.29, 0.717) is 18.0 Å². The van der Waals surface area contributed by atoms with E-state index in [0.717, 1.165) is 19.1 Å². The third-order valence-electron chi connectivity index (χ3n) is 4.83. The second-order valence-corrected chi connectivity index (χ2v) is 9.34. The van der Waals surface area contributed by atoms with Crippen LogP contribution in [0.4, 0.5) is 18.9 Å². The Labute approximate surface area is 178 Å². The van der Waals surface area contributed by atoms with Gasteiger partial charge in [0.25, 0.3) is 5.72 Å². The third kappa shape index (κ3) is 5.01. The molecule has 0 amide bonds. The zero-order valence-electron chi connectivity index (χ0n) is 17.1. The van der Waals surface area contributed by atoms with Gasteiger partial charge < -0.3 is 14.7 Å². The van der Waals surface area contributed by atoms with E-state index >= 15 is 0 Å². The quantitative estimate of drug-likeness (QED) is 0.642. The lowest BCUT2D eigenvalue weighted by atomic mass is 10.1. The van der Waals surface area contributed by atoms with Crippen LogP contribution in [0.15, 0.2) is 58.4 Å². The molecule has 10 heteroatoms. The first-order valence-corrected chi connectivity index (χ1v) is 11.5. The lowest BCUT2D eigenvalue weighted by molar-refractivity contribution is -0.249. The first-order chi connectivity index (χ1) is 14.4. The molecule has 0 saturated heterocycles. The average molecular weight is 456 g/mol. The van der Waals surface area contributed by atoms with Crippen molar-refractivity contribution in [3.05, 3.63) is 54.1 Å². The number of alkyl halides is 3. The topological polar surface area (TPSA) is 79.2 Å². The number of aliphatic imine (C=N–C) groups is 1. The number of halogens is 3. The molecule has 1 atom stereocenters. The van der Waals surface area contributed by atoms with E-state index in [2.05, 4.69) is 4.99 Å². The molecule has 0 fully saturated rings. The fourth-order valence-corrected chi connectivity index (χ4v) is 3.69. The van der Waals surface area contributed by atoms with Crippen molar-refractivity contribution in [3.8, 4) is 5.75 Å². The number of aliphatic hydroxyl groups is 1. The molecule has 2 aromatic carbocycles. The number of hydrogen-bond acceptors (Lipinski definition) is 6. The first-order valence-electron chi connectivity index (χ1n) is 9.64. The zero-order valence-corrected chi connectivity index (χ0v) is 17.9. The molecule has 0 spiro atoms. The number of nitrogens with zero attached hydrogens (tertiary/aromatic N) is 2. The largest absolute Gasteiger partial charge is 0.494 e. The summed E-state index contributed by atoms with van der Waals surface area (Å²) < 4.78 is 69.4. The van der Waals surface area contributed by atoms with E-state index in [9.17, 15) is 26.7 Å². The summed E-state index contributed by atoms with van der Waals surface area (Å²) in [6, 6.07) is 11.8. The summed E-state index contributed by atoms with van der Waals surface area (Å²) in [5.74, 6) is 0.470. The molecule has 0 saturated carbocycles. The number of hydrogen-bond donors (Lipinski definition) is 1. The van der Waals surface area contributed by atoms with Gasteiger partial charge in [-0.15, -0.1) is 0 Å². The molecule has 1 aliphatic rings. The number of unbranched alkanes of at least 4 members (excludes halogenated alkanes) is 1. The number of rotatable bonds is 7. The molecule has 2 aromatic rings. The van der Waals surface area contributed by atoms with Gasteiger partial charge in [-0.1, -0.05) is 13.3 Å². The summed E-state index contributed by atoms with van der Waals surface area (Å²) in [5, 5.41) is 10.2. The highest BCUT2D eigenvalue weighted by atomic mass is 32.2. The molecular weight excluding hydrogens is 433 g/mol. The Kier molecular flexibility index (Phi) is 6.33. The van der Waals surface area contributed by atoms with Crippen LogP contribution in [0.2, 0.25) is 0 Å². The van der Waals surface area contributed by atoms with Gasteiger partial charge in [0.15, 0.2) is 9.84 Å². The second kappa shape index (κ2) is 8.51. The van der Waals surface area contributed by atoms with Gasteiger partial charge in [-0.25, -0.2) is 13.4 Å². The van der Waals surface area contributed by atoms with Crippen molar-refractivity contribution in [1.29, 1.82) is 0 Å². The highest BCUT2D eigenvalue weighted by molar-refractivity contribution is 7.90. The van der Waals surface area contributed by atoms with Gasteiger partial charge >= 0.3 is 6.18 Å². The maximum atomic E-state index is 13.5. The van der Waals surface area contributed by atoms with Crippen LogP contribution < -0.4 is 9.64 Å². The van der Waals surface area contributed by atoms with Crippen molar-refractivity contribution < 1.29 is 31.4 Å². The summed E-state index contributed by atoms with van der Waals surface area (Å²) in [6.45, 7) is 1.74. The van der Waals surface area contributed by atoms with E-state index in [1.807, 2.05) is 6.92 Å². The van der Waals surface area contributed by atoms with E-state index < -0.39 is 28.3 Å². The minimum atomic E-state index is -4.98. The second-order valence-electron chi connectivity index (χ2n) is 7.33. The van der Waals surface area contributed by atoms with Crippen LogP contribution in [0.5, 0.6) is 5.75 Å². The molecule has 3 rings (SSSR count). The lowest BCUT2D eigenvalue weighted by Gasteiger charge is -2.25. The zero-order chi connectivity index (χ0) is 22.9. The lowest BCUT2D eigenvalue weighted by Crippen LogP contribution is -2.47. The molecule has 6 nitrogen and oxygen atoms in total. The van der Waals surface area contributed by atoms with Crippen molar-refractivity contribution in [2.75, 3.05) is 24.3 Å². The molecule has 0 bridgehead atoms. The fraction of sp³-hybridized carbons (Fsp3) is 0.381. The predicted molar refractivity (Wildman–Crippen MR) is 111 cm³/mol. The van der Waals surface area contributed by atoms with Crippen molar-refractivity contribution in [2.45, 2.75) is 36.6 Å². The highest BCUT2D eigenvalue weighted by Crippen LogP contribution is 2.39. The molecule has 0 aliphatic carbocycles. The molecule has 0 aromatic heterocycles. The van der Waals surface area contributed by atoms with Gasteiger partial charge in [0, 0.05) is 17.5 Å². The number of ether oxygens (including phenoxy) is 1. The predicted octanol–water partition coefficient (Wildman–Crippen LogP) is 3.79. The number of benzene rings is 2. The monoisotopic (exact) mass is 456 g/mol. The van der Waals surface area contributed by atoms with Crippen LogP contribution >= 0.6 is 0 Å². The number of amidine groups is 1. The van der Waals surface area contributed by atoms with Crippen LogP contribution in [0.3, 0.4) is 0 Å².